The van der Waals surface area contributed by atoms with Crippen molar-refractivity contribution in [1.29, 1.82) is 0 Å². The van der Waals surface area contributed by atoms with Crippen molar-refractivity contribution in [2.45, 2.75) is 6.04 Å². The Labute approximate surface area is 103 Å². The van der Waals surface area contributed by atoms with Gasteiger partial charge in [-0.15, -0.1) is 0 Å². The molecule has 0 aliphatic rings. The summed E-state index contributed by atoms with van der Waals surface area (Å²) in [6, 6.07) is 2.27. The van der Waals surface area contributed by atoms with Crippen LogP contribution in [0.3, 0.4) is 0 Å². The monoisotopic (exact) mass is 292 g/mol. The molecule has 0 radical (unpaired) electrons. The molecule has 5 heteroatoms. The van der Waals surface area contributed by atoms with E-state index in [-0.39, 0.29) is 16.1 Å². The van der Waals surface area contributed by atoms with Gasteiger partial charge in [-0.05, 0) is 49.2 Å². The first-order valence-corrected chi connectivity index (χ1v) is 5.72. The minimum absolute atomic E-state index is 0.0746. The molecule has 0 saturated heterocycles. The molecule has 16 heavy (non-hydrogen) atoms. The van der Waals surface area contributed by atoms with Crippen LogP contribution < -0.4 is 5.32 Å². The van der Waals surface area contributed by atoms with Crippen molar-refractivity contribution in [2.75, 3.05) is 27.7 Å². The topological polar surface area (TPSA) is 15.3 Å². The second-order valence-electron chi connectivity index (χ2n) is 3.86. The van der Waals surface area contributed by atoms with Crippen molar-refractivity contribution in [1.82, 2.24) is 10.2 Å². The quantitative estimate of drug-likeness (QED) is 0.858. The van der Waals surface area contributed by atoms with Gasteiger partial charge in [0.15, 0.2) is 0 Å². The number of benzene rings is 1. The van der Waals surface area contributed by atoms with Crippen LogP contribution in [-0.4, -0.2) is 32.6 Å². The van der Waals surface area contributed by atoms with Crippen molar-refractivity contribution in [2.24, 2.45) is 0 Å². The standard InChI is InChI=1S/C11H15BrF2N2/c1-15-9(6-16(2)3)10-8(13)5-4-7(12)11(10)14/h4-5,9,15H,6H2,1-3H3. The Bertz CT molecular complexity index is 369. The molecule has 0 bridgehead atoms. The lowest BCUT2D eigenvalue weighted by Gasteiger charge is -2.22. The van der Waals surface area contributed by atoms with Crippen LogP contribution in [-0.2, 0) is 0 Å². The van der Waals surface area contributed by atoms with E-state index >= 15 is 0 Å². The highest BCUT2D eigenvalue weighted by Crippen LogP contribution is 2.26. The predicted molar refractivity (Wildman–Crippen MR) is 64.4 cm³/mol. The van der Waals surface area contributed by atoms with E-state index in [2.05, 4.69) is 21.2 Å². The van der Waals surface area contributed by atoms with E-state index in [1.165, 1.54) is 12.1 Å². The maximum absolute atomic E-state index is 13.8. The zero-order valence-electron chi connectivity index (χ0n) is 9.52. The largest absolute Gasteiger partial charge is 0.312 e. The lowest BCUT2D eigenvalue weighted by Crippen LogP contribution is -2.30. The average molecular weight is 293 g/mol. The zero-order chi connectivity index (χ0) is 12.3. The molecule has 0 saturated carbocycles. The van der Waals surface area contributed by atoms with E-state index in [0.29, 0.717) is 6.54 Å². The predicted octanol–water partition coefficient (Wildman–Crippen LogP) is 2.55. The van der Waals surface area contributed by atoms with Crippen molar-refractivity contribution >= 4 is 15.9 Å². The molecule has 1 aromatic rings. The number of nitrogens with one attached hydrogen (secondary N) is 1. The van der Waals surface area contributed by atoms with Gasteiger partial charge in [0.1, 0.15) is 11.6 Å². The van der Waals surface area contributed by atoms with E-state index in [4.69, 9.17) is 0 Å². The van der Waals surface area contributed by atoms with Gasteiger partial charge in [-0.25, -0.2) is 8.78 Å². The molecule has 0 aliphatic heterocycles. The Morgan fingerprint density at radius 1 is 1.38 bits per heavy atom. The molecule has 90 valence electrons. The SMILES string of the molecule is CNC(CN(C)C)c1c(F)ccc(Br)c1F. The Morgan fingerprint density at radius 3 is 2.50 bits per heavy atom. The lowest BCUT2D eigenvalue weighted by molar-refractivity contribution is 0.340. The van der Waals surface area contributed by atoms with Crippen LogP contribution in [0.2, 0.25) is 0 Å². The summed E-state index contributed by atoms with van der Waals surface area (Å²) < 4.78 is 27.7. The highest BCUT2D eigenvalue weighted by Gasteiger charge is 2.21. The van der Waals surface area contributed by atoms with E-state index in [9.17, 15) is 8.78 Å². The Kier molecular flexibility index (Phi) is 4.83. The van der Waals surface area contributed by atoms with Gasteiger partial charge in [-0.1, -0.05) is 0 Å². The van der Waals surface area contributed by atoms with E-state index < -0.39 is 11.6 Å². The fourth-order valence-electron chi connectivity index (χ4n) is 1.55. The average Bonchev–Trinajstić information content (AvgIpc) is 2.22. The Hall–Kier alpha value is -0.520. The van der Waals surface area contributed by atoms with Gasteiger partial charge in [-0.3, -0.25) is 0 Å². The van der Waals surface area contributed by atoms with Crippen LogP contribution in [0.5, 0.6) is 0 Å². The zero-order valence-corrected chi connectivity index (χ0v) is 11.1. The number of nitrogens with zero attached hydrogens (tertiary/aromatic N) is 1. The third-order valence-electron chi connectivity index (χ3n) is 2.32. The normalized spacial score (nSPS) is 13.2. The molecule has 0 aliphatic carbocycles. The second kappa shape index (κ2) is 5.70. The molecule has 0 spiro atoms. The number of hydrogen-bond donors (Lipinski definition) is 1. The summed E-state index contributed by atoms with van der Waals surface area (Å²) in [7, 11) is 5.41. The number of halogens is 3. The molecule has 2 nitrogen and oxygen atoms in total. The molecule has 1 aromatic carbocycles. The van der Waals surface area contributed by atoms with Crippen LogP contribution in [0.15, 0.2) is 16.6 Å². The van der Waals surface area contributed by atoms with Gasteiger partial charge in [0.05, 0.1) is 10.5 Å². The van der Waals surface area contributed by atoms with Crippen molar-refractivity contribution in [3.05, 3.63) is 33.8 Å². The molecular weight excluding hydrogens is 278 g/mol. The van der Waals surface area contributed by atoms with Crippen LogP contribution in [0.25, 0.3) is 0 Å². The smallest absolute Gasteiger partial charge is 0.145 e. The summed E-state index contributed by atoms with van der Waals surface area (Å²) in [5.41, 5.74) is 0.0746. The first-order valence-electron chi connectivity index (χ1n) is 4.92. The van der Waals surface area contributed by atoms with E-state index in [0.717, 1.165) is 0 Å². The van der Waals surface area contributed by atoms with Gasteiger partial charge < -0.3 is 10.2 Å². The van der Waals surface area contributed by atoms with Gasteiger partial charge >= 0.3 is 0 Å². The summed E-state index contributed by atoms with van der Waals surface area (Å²) in [6.45, 7) is 0.529. The lowest BCUT2D eigenvalue weighted by atomic mass is 10.1. The molecule has 1 N–H and O–H groups in total. The summed E-state index contributed by atoms with van der Waals surface area (Å²) in [4.78, 5) is 1.88. The van der Waals surface area contributed by atoms with Gasteiger partial charge in [0.25, 0.3) is 0 Å². The molecule has 0 amide bonds. The van der Waals surface area contributed by atoms with Crippen LogP contribution in [0, 0.1) is 11.6 Å². The van der Waals surface area contributed by atoms with Crippen molar-refractivity contribution in [3.8, 4) is 0 Å². The van der Waals surface area contributed by atoms with Crippen molar-refractivity contribution < 1.29 is 8.78 Å². The molecular formula is C11H15BrF2N2. The van der Waals surface area contributed by atoms with E-state index in [1.807, 2.05) is 19.0 Å². The first kappa shape index (κ1) is 13.5. The fraction of sp³-hybridized carbons (Fsp3) is 0.455. The number of hydrogen-bond acceptors (Lipinski definition) is 2. The van der Waals surface area contributed by atoms with Crippen molar-refractivity contribution in [3.63, 3.8) is 0 Å². The summed E-state index contributed by atoms with van der Waals surface area (Å²) in [5.74, 6) is -1.07. The first-order chi connectivity index (χ1) is 7.47. The minimum Gasteiger partial charge on any atom is -0.312 e. The highest BCUT2D eigenvalue weighted by atomic mass is 79.9. The number of rotatable bonds is 4. The van der Waals surface area contributed by atoms with Crippen LogP contribution in [0.1, 0.15) is 11.6 Å². The molecule has 0 fully saturated rings. The molecule has 1 atom stereocenters. The molecule has 1 rings (SSSR count). The van der Waals surface area contributed by atoms with Crippen LogP contribution >= 0.6 is 15.9 Å². The third kappa shape index (κ3) is 2.99. The summed E-state index contributed by atoms with van der Waals surface area (Å²) in [5, 5.41) is 2.92. The second-order valence-corrected chi connectivity index (χ2v) is 4.71. The molecule has 0 aromatic heterocycles. The molecule has 0 heterocycles. The maximum atomic E-state index is 13.8. The van der Waals surface area contributed by atoms with E-state index in [1.54, 1.807) is 7.05 Å². The maximum Gasteiger partial charge on any atom is 0.145 e. The Morgan fingerprint density at radius 2 is 2.00 bits per heavy atom. The number of likely N-dealkylation sites (N-methyl/N-ethyl adjacent to an activating group) is 2. The summed E-state index contributed by atoms with van der Waals surface area (Å²) >= 11 is 3.06. The van der Waals surface area contributed by atoms with Gasteiger partial charge in [0, 0.05) is 12.1 Å². The van der Waals surface area contributed by atoms with Gasteiger partial charge in [0.2, 0.25) is 0 Å². The van der Waals surface area contributed by atoms with Crippen LogP contribution in [0.4, 0.5) is 8.78 Å². The third-order valence-corrected chi connectivity index (χ3v) is 2.94. The molecule has 1 unspecified atom stereocenters. The fourth-order valence-corrected chi connectivity index (χ4v) is 1.90. The summed E-state index contributed by atoms with van der Waals surface area (Å²) in [6.07, 6.45) is 0. The van der Waals surface area contributed by atoms with Gasteiger partial charge in [-0.2, -0.15) is 0 Å². The Balaban J connectivity index is 3.13. The minimum atomic E-state index is -0.541. The highest BCUT2D eigenvalue weighted by molar-refractivity contribution is 9.10.